The molecule has 0 N–H and O–H groups in total. The molecule has 1 aliphatic rings. The van der Waals surface area contributed by atoms with Crippen LogP contribution in [0.5, 0.6) is 5.75 Å². The second-order valence-electron chi connectivity index (χ2n) is 4.81. The Morgan fingerprint density at radius 1 is 1.33 bits per heavy atom. The number of benzene rings is 1. The SMILES string of the molecule is Cc1cc(C)c2c(c1C)O[C@](C)(CI)C2. The standard InChI is InChI=1S/C13H17IO/c1-8-5-9(2)11-6-13(4,7-14)15-12(11)10(8)3/h5H,6-7H2,1-4H3/t13-/m0/s1. The summed E-state index contributed by atoms with van der Waals surface area (Å²) in [4.78, 5) is 0. The first-order valence-electron chi connectivity index (χ1n) is 5.31. The zero-order valence-corrected chi connectivity index (χ0v) is 11.9. The Bertz CT molecular complexity index is 411. The Morgan fingerprint density at radius 2 is 2.00 bits per heavy atom. The monoisotopic (exact) mass is 316 g/mol. The molecule has 1 aromatic rings. The maximum atomic E-state index is 6.13. The van der Waals surface area contributed by atoms with Gasteiger partial charge in [-0.3, -0.25) is 0 Å². The van der Waals surface area contributed by atoms with Crippen LogP contribution in [-0.2, 0) is 6.42 Å². The second-order valence-corrected chi connectivity index (χ2v) is 5.57. The summed E-state index contributed by atoms with van der Waals surface area (Å²) in [5.74, 6) is 1.15. The van der Waals surface area contributed by atoms with Gasteiger partial charge in [0, 0.05) is 16.4 Å². The van der Waals surface area contributed by atoms with Crippen molar-refractivity contribution >= 4 is 22.6 Å². The van der Waals surface area contributed by atoms with Gasteiger partial charge in [-0.05, 0) is 44.4 Å². The molecule has 2 rings (SSSR count). The molecule has 1 nitrogen and oxygen atoms in total. The summed E-state index contributed by atoms with van der Waals surface area (Å²) in [6, 6.07) is 2.27. The Kier molecular flexibility index (Phi) is 2.73. The van der Waals surface area contributed by atoms with Crippen molar-refractivity contribution < 1.29 is 4.74 Å². The molecule has 2 heteroatoms. The van der Waals surface area contributed by atoms with Crippen molar-refractivity contribution in [1.82, 2.24) is 0 Å². The number of halogens is 1. The van der Waals surface area contributed by atoms with Crippen molar-refractivity contribution in [3.05, 3.63) is 28.3 Å². The molecule has 0 bridgehead atoms. The lowest BCUT2D eigenvalue weighted by Gasteiger charge is -2.21. The van der Waals surface area contributed by atoms with E-state index in [0.29, 0.717) is 0 Å². The van der Waals surface area contributed by atoms with Crippen molar-refractivity contribution in [2.45, 2.75) is 39.7 Å². The van der Waals surface area contributed by atoms with E-state index in [-0.39, 0.29) is 5.60 Å². The first-order chi connectivity index (χ1) is 6.97. The minimum absolute atomic E-state index is 0.00616. The summed E-state index contributed by atoms with van der Waals surface area (Å²) < 4.78 is 7.17. The van der Waals surface area contributed by atoms with Crippen LogP contribution in [0.3, 0.4) is 0 Å². The van der Waals surface area contributed by atoms with E-state index in [2.05, 4.69) is 56.4 Å². The van der Waals surface area contributed by atoms with Crippen molar-refractivity contribution in [2.24, 2.45) is 0 Å². The largest absolute Gasteiger partial charge is 0.486 e. The van der Waals surface area contributed by atoms with E-state index in [4.69, 9.17) is 4.74 Å². The van der Waals surface area contributed by atoms with Gasteiger partial charge >= 0.3 is 0 Å². The number of ether oxygens (including phenoxy) is 1. The summed E-state index contributed by atoms with van der Waals surface area (Å²) in [6.07, 6.45) is 1.05. The van der Waals surface area contributed by atoms with Crippen molar-refractivity contribution in [1.29, 1.82) is 0 Å². The molecule has 0 fully saturated rings. The summed E-state index contributed by atoms with van der Waals surface area (Å²) in [7, 11) is 0. The van der Waals surface area contributed by atoms with Gasteiger partial charge in [-0.25, -0.2) is 0 Å². The molecule has 0 spiro atoms. The molecule has 1 aliphatic heterocycles. The van der Waals surface area contributed by atoms with Gasteiger partial charge < -0.3 is 4.74 Å². The van der Waals surface area contributed by atoms with Crippen LogP contribution in [0.1, 0.15) is 29.2 Å². The normalized spacial score (nSPS) is 23.8. The average Bonchev–Trinajstić information content (AvgIpc) is 2.55. The zero-order chi connectivity index (χ0) is 11.2. The van der Waals surface area contributed by atoms with Gasteiger partial charge in [-0.2, -0.15) is 0 Å². The van der Waals surface area contributed by atoms with E-state index in [9.17, 15) is 0 Å². The third-order valence-electron chi connectivity index (χ3n) is 3.30. The molecule has 0 saturated heterocycles. The maximum Gasteiger partial charge on any atom is 0.126 e. The molecule has 82 valence electrons. The zero-order valence-electron chi connectivity index (χ0n) is 9.78. The summed E-state index contributed by atoms with van der Waals surface area (Å²) in [6.45, 7) is 8.71. The average molecular weight is 316 g/mol. The van der Waals surface area contributed by atoms with E-state index in [1.807, 2.05) is 0 Å². The van der Waals surface area contributed by atoms with E-state index in [1.54, 1.807) is 0 Å². The number of aryl methyl sites for hydroxylation is 2. The highest BCUT2D eigenvalue weighted by atomic mass is 127. The second kappa shape index (κ2) is 3.65. The highest BCUT2D eigenvalue weighted by Crippen LogP contribution is 2.41. The summed E-state index contributed by atoms with van der Waals surface area (Å²) >= 11 is 2.41. The van der Waals surface area contributed by atoms with Gasteiger partial charge in [-0.1, -0.05) is 28.7 Å². The summed E-state index contributed by atoms with van der Waals surface area (Å²) in [5, 5.41) is 0. The fraction of sp³-hybridized carbons (Fsp3) is 0.538. The van der Waals surface area contributed by atoms with E-state index >= 15 is 0 Å². The quantitative estimate of drug-likeness (QED) is 0.566. The van der Waals surface area contributed by atoms with Gasteiger partial charge in [0.05, 0.1) is 0 Å². The Hall–Kier alpha value is -0.250. The molecule has 0 amide bonds. The van der Waals surface area contributed by atoms with Crippen molar-refractivity contribution in [3.8, 4) is 5.75 Å². The van der Waals surface area contributed by atoms with Crippen LogP contribution in [-0.4, -0.2) is 10.0 Å². The first kappa shape index (κ1) is 11.2. The Labute approximate surface area is 105 Å². The van der Waals surface area contributed by atoms with Gasteiger partial charge in [0.1, 0.15) is 11.4 Å². The van der Waals surface area contributed by atoms with Crippen LogP contribution in [0, 0.1) is 20.8 Å². The van der Waals surface area contributed by atoms with E-state index < -0.39 is 0 Å². The van der Waals surface area contributed by atoms with Crippen LogP contribution in [0.4, 0.5) is 0 Å². The van der Waals surface area contributed by atoms with Gasteiger partial charge in [-0.15, -0.1) is 0 Å². The number of hydrogen-bond acceptors (Lipinski definition) is 1. The Morgan fingerprint density at radius 3 is 2.60 bits per heavy atom. The molecule has 1 heterocycles. The molecular formula is C13H17IO. The minimum Gasteiger partial charge on any atom is -0.486 e. The molecule has 0 radical (unpaired) electrons. The van der Waals surface area contributed by atoms with Crippen LogP contribution in [0.25, 0.3) is 0 Å². The topological polar surface area (TPSA) is 9.23 Å². The van der Waals surface area contributed by atoms with E-state index in [0.717, 1.165) is 16.6 Å². The smallest absolute Gasteiger partial charge is 0.126 e. The van der Waals surface area contributed by atoms with Crippen molar-refractivity contribution in [2.75, 3.05) is 4.43 Å². The fourth-order valence-corrected chi connectivity index (χ4v) is 2.62. The molecule has 1 atom stereocenters. The number of fused-ring (bicyclic) bond motifs is 1. The number of alkyl halides is 1. The molecule has 0 aliphatic carbocycles. The molecule has 15 heavy (non-hydrogen) atoms. The third-order valence-corrected chi connectivity index (χ3v) is 4.91. The molecule has 1 aromatic carbocycles. The third kappa shape index (κ3) is 1.77. The van der Waals surface area contributed by atoms with Crippen LogP contribution in [0.2, 0.25) is 0 Å². The molecule has 0 saturated carbocycles. The minimum atomic E-state index is 0.00616. The predicted octanol–water partition coefficient (Wildman–Crippen LogP) is 3.74. The lowest BCUT2D eigenvalue weighted by molar-refractivity contribution is 0.146. The van der Waals surface area contributed by atoms with Crippen LogP contribution in [0.15, 0.2) is 6.07 Å². The van der Waals surface area contributed by atoms with Crippen LogP contribution < -0.4 is 4.74 Å². The first-order valence-corrected chi connectivity index (χ1v) is 6.84. The van der Waals surface area contributed by atoms with E-state index in [1.165, 1.54) is 22.3 Å². The van der Waals surface area contributed by atoms with Gasteiger partial charge in [0.2, 0.25) is 0 Å². The van der Waals surface area contributed by atoms with Gasteiger partial charge in [0.25, 0.3) is 0 Å². The number of hydrogen-bond donors (Lipinski definition) is 0. The van der Waals surface area contributed by atoms with Crippen LogP contribution >= 0.6 is 22.6 Å². The molecule has 0 unspecified atom stereocenters. The highest BCUT2D eigenvalue weighted by molar-refractivity contribution is 14.1. The van der Waals surface area contributed by atoms with Crippen molar-refractivity contribution in [3.63, 3.8) is 0 Å². The fourth-order valence-electron chi connectivity index (χ4n) is 2.19. The predicted molar refractivity (Wildman–Crippen MR) is 72.3 cm³/mol. The maximum absolute atomic E-state index is 6.13. The molecule has 0 aromatic heterocycles. The molecular weight excluding hydrogens is 299 g/mol. The lowest BCUT2D eigenvalue weighted by Crippen LogP contribution is -2.31. The number of rotatable bonds is 1. The Balaban J connectivity index is 2.54. The highest BCUT2D eigenvalue weighted by Gasteiger charge is 2.35. The summed E-state index contributed by atoms with van der Waals surface area (Å²) in [5.41, 5.74) is 5.44. The lowest BCUT2D eigenvalue weighted by atomic mass is 9.94. The van der Waals surface area contributed by atoms with Gasteiger partial charge in [0.15, 0.2) is 0 Å².